The topological polar surface area (TPSA) is 55.0 Å². The van der Waals surface area contributed by atoms with Crippen LogP contribution in [0.25, 0.3) is 11.4 Å². The summed E-state index contributed by atoms with van der Waals surface area (Å²) in [5.74, 6) is 1.23. The maximum atomic E-state index is 13.5. The number of piperidine rings is 1. The molecule has 2 N–H and O–H groups in total. The normalized spacial score (nSPS) is 16.0. The number of anilines is 1. The van der Waals surface area contributed by atoms with Crippen molar-refractivity contribution in [1.82, 2.24) is 9.97 Å². The third kappa shape index (κ3) is 3.25. The maximum Gasteiger partial charge on any atom is 0.161 e. The number of hydrogen-bond donors (Lipinski definition) is 1. The van der Waals surface area contributed by atoms with E-state index >= 15 is 0 Å². The Bertz CT molecular complexity index is 651. The fourth-order valence-electron chi connectivity index (χ4n) is 2.71. The van der Waals surface area contributed by atoms with E-state index in [1.165, 1.54) is 12.1 Å². The predicted octanol–water partition coefficient (Wildman–Crippen LogP) is 2.77. The largest absolute Gasteiger partial charge is 0.356 e. The minimum absolute atomic E-state index is 0.270. The van der Waals surface area contributed by atoms with Crippen LogP contribution >= 0.6 is 0 Å². The molecule has 0 radical (unpaired) electrons. The molecule has 0 spiro atoms. The highest BCUT2D eigenvalue weighted by molar-refractivity contribution is 5.58. The summed E-state index contributed by atoms with van der Waals surface area (Å²) >= 11 is 0. The van der Waals surface area contributed by atoms with E-state index in [1.54, 1.807) is 6.07 Å². The van der Waals surface area contributed by atoms with Crippen LogP contribution in [0.3, 0.4) is 0 Å². The summed E-state index contributed by atoms with van der Waals surface area (Å²) in [6.45, 7) is 3.88. The first kappa shape index (κ1) is 14.9. The molecule has 0 unspecified atom stereocenters. The van der Waals surface area contributed by atoms with Crippen molar-refractivity contribution in [2.45, 2.75) is 32.2 Å². The Morgan fingerprint density at radius 2 is 2.00 bits per heavy atom. The number of nitrogens with two attached hydrogens (primary N) is 1. The summed E-state index contributed by atoms with van der Waals surface area (Å²) in [7, 11) is 0. The Hall–Kier alpha value is -2.01. The summed E-state index contributed by atoms with van der Waals surface area (Å²) in [5, 5.41) is 0. The van der Waals surface area contributed by atoms with E-state index in [0.29, 0.717) is 11.4 Å². The molecule has 1 aliphatic heterocycles. The average molecular weight is 300 g/mol. The van der Waals surface area contributed by atoms with Crippen LogP contribution in [0.5, 0.6) is 0 Å². The van der Waals surface area contributed by atoms with Crippen molar-refractivity contribution in [2.75, 3.05) is 18.0 Å². The number of hydrogen-bond acceptors (Lipinski definition) is 4. The monoisotopic (exact) mass is 300 g/mol. The second kappa shape index (κ2) is 6.40. The van der Waals surface area contributed by atoms with Crippen molar-refractivity contribution in [3.8, 4) is 11.4 Å². The fourth-order valence-corrected chi connectivity index (χ4v) is 2.71. The van der Waals surface area contributed by atoms with Crippen LogP contribution in [-0.4, -0.2) is 29.1 Å². The number of rotatable bonds is 3. The van der Waals surface area contributed by atoms with E-state index in [1.807, 2.05) is 12.1 Å². The minimum atomic E-state index is -0.270. The zero-order chi connectivity index (χ0) is 15.5. The summed E-state index contributed by atoms with van der Waals surface area (Å²) in [6, 6.07) is 8.75. The van der Waals surface area contributed by atoms with Gasteiger partial charge >= 0.3 is 0 Å². The number of benzene rings is 1. The van der Waals surface area contributed by atoms with Crippen LogP contribution in [0.2, 0.25) is 0 Å². The summed E-state index contributed by atoms with van der Waals surface area (Å²) in [6.07, 6.45) is 2.77. The van der Waals surface area contributed by atoms with Gasteiger partial charge in [0.05, 0.1) is 0 Å². The molecule has 2 heterocycles. The molecular formula is C17H21FN4. The van der Waals surface area contributed by atoms with E-state index in [4.69, 9.17) is 5.73 Å². The lowest BCUT2D eigenvalue weighted by molar-refractivity contribution is 0.498. The van der Waals surface area contributed by atoms with Gasteiger partial charge in [0, 0.05) is 36.5 Å². The molecule has 1 aromatic heterocycles. The molecule has 22 heavy (non-hydrogen) atoms. The van der Waals surface area contributed by atoms with Gasteiger partial charge in [-0.3, -0.25) is 0 Å². The first-order valence-corrected chi connectivity index (χ1v) is 7.80. The van der Waals surface area contributed by atoms with E-state index in [-0.39, 0.29) is 11.9 Å². The number of nitrogens with zero attached hydrogens (tertiary/aromatic N) is 3. The molecule has 116 valence electrons. The van der Waals surface area contributed by atoms with Crippen LogP contribution in [0.1, 0.15) is 25.5 Å². The van der Waals surface area contributed by atoms with Gasteiger partial charge in [-0.25, -0.2) is 14.4 Å². The van der Waals surface area contributed by atoms with Crippen molar-refractivity contribution in [3.63, 3.8) is 0 Å². The van der Waals surface area contributed by atoms with Crippen molar-refractivity contribution >= 4 is 5.82 Å². The van der Waals surface area contributed by atoms with Crippen molar-refractivity contribution in [2.24, 2.45) is 5.73 Å². The quantitative estimate of drug-likeness (QED) is 0.947. The average Bonchev–Trinajstić information content (AvgIpc) is 2.55. The maximum absolute atomic E-state index is 13.5. The Balaban J connectivity index is 1.96. The third-order valence-electron chi connectivity index (χ3n) is 4.07. The summed E-state index contributed by atoms with van der Waals surface area (Å²) < 4.78 is 13.5. The molecule has 0 bridgehead atoms. The van der Waals surface area contributed by atoms with Crippen LogP contribution in [0, 0.1) is 5.82 Å². The zero-order valence-electron chi connectivity index (χ0n) is 12.8. The highest BCUT2D eigenvalue weighted by Gasteiger charge is 2.18. The van der Waals surface area contributed by atoms with Crippen molar-refractivity contribution in [3.05, 3.63) is 41.8 Å². The third-order valence-corrected chi connectivity index (χ3v) is 4.07. The zero-order valence-corrected chi connectivity index (χ0v) is 12.8. The Morgan fingerprint density at radius 3 is 2.68 bits per heavy atom. The molecule has 5 heteroatoms. The molecule has 0 atom stereocenters. The second-order valence-corrected chi connectivity index (χ2v) is 5.73. The van der Waals surface area contributed by atoms with E-state index in [0.717, 1.165) is 43.9 Å². The molecule has 3 rings (SSSR count). The molecule has 0 aliphatic carbocycles. The van der Waals surface area contributed by atoms with Crippen LogP contribution in [-0.2, 0) is 6.42 Å². The molecule has 0 amide bonds. The van der Waals surface area contributed by atoms with Crippen molar-refractivity contribution in [1.29, 1.82) is 0 Å². The molecule has 1 saturated heterocycles. The lowest BCUT2D eigenvalue weighted by Gasteiger charge is -2.31. The smallest absolute Gasteiger partial charge is 0.161 e. The van der Waals surface area contributed by atoms with Gasteiger partial charge in [0.2, 0.25) is 0 Å². The standard InChI is InChI=1S/C17H21FN4/c1-2-15-11-16(22-8-6-14(19)7-9-22)21-17(20-15)12-4-3-5-13(18)10-12/h3-5,10-11,14H,2,6-9,19H2,1H3. The molecule has 0 saturated carbocycles. The molecule has 1 fully saturated rings. The van der Waals surface area contributed by atoms with E-state index in [2.05, 4.69) is 21.8 Å². The number of aryl methyl sites for hydroxylation is 1. The SMILES string of the molecule is CCc1cc(N2CCC(N)CC2)nc(-c2cccc(F)c2)n1. The van der Waals surface area contributed by atoms with Gasteiger partial charge in [-0.1, -0.05) is 19.1 Å². The lowest BCUT2D eigenvalue weighted by Crippen LogP contribution is -2.40. The van der Waals surface area contributed by atoms with E-state index < -0.39 is 0 Å². The predicted molar refractivity (Wildman–Crippen MR) is 86.2 cm³/mol. The minimum Gasteiger partial charge on any atom is -0.356 e. The fraction of sp³-hybridized carbons (Fsp3) is 0.412. The highest BCUT2D eigenvalue weighted by atomic mass is 19.1. The van der Waals surface area contributed by atoms with Gasteiger partial charge in [0.25, 0.3) is 0 Å². The van der Waals surface area contributed by atoms with Gasteiger partial charge < -0.3 is 10.6 Å². The van der Waals surface area contributed by atoms with Gasteiger partial charge in [-0.2, -0.15) is 0 Å². The molecule has 2 aromatic rings. The highest BCUT2D eigenvalue weighted by Crippen LogP contribution is 2.23. The van der Waals surface area contributed by atoms with E-state index in [9.17, 15) is 4.39 Å². The summed E-state index contributed by atoms with van der Waals surface area (Å²) in [5.41, 5.74) is 7.65. The van der Waals surface area contributed by atoms with Gasteiger partial charge in [-0.15, -0.1) is 0 Å². The lowest BCUT2D eigenvalue weighted by atomic mass is 10.1. The molecule has 4 nitrogen and oxygen atoms in total. The first-order chi connectivity index (χ1) is 10.7. The van der Waals surface area contributed by atoms with Gasteiger partial charge in [0.15, 0.2) is 5.82 Å². The second-order valence-electron chi connectivity index (χ2n) is 5.73. The van der Waals surface area contributed by atoms with Crippen LogP contribution in [0.4, 0.5) is 10.2 Å². The van der Waals surface area contributed by atoms with Crippen molar-refractivity contribution < 1.29 is 4.39 Å². The Labute approximate surface area is 130 Å². The number of halogens is 1. The van der Waals surface area contributed by atoms with Gasteiger partial charge in [-0.05, 0) is 31.4 Å². The van der Waals surface area contributed by atoms with Gasteiger partial charge in [0.1, 0.15) is 11.6 Å². The first-order valence-electron chi connectivity index (χ1n) is 7.80. The summed E-state index contributed by atoms with van der Waals surface area (Å²) in [4.78, 5) is 11.4. The molecule has 1 aliphatic rings. The molecular weight excluding hydrogens is 279 g/mol. The molecule has 1 aromatic carbocycles. The Kier molecular flexibility index (Phi) is 4.34. The van der Waals surface area contributed by atoms with Crippen LogP contribution in [0.15, 0.2) is 30.3 Å². The number of aromatic nitrogens is 2. The Morgan fingerprint density at radius 1 is 1.23 bits per heavy atom. The van der Waals surface area contributed by atoms with Crippen LogP contribution < -0.4 is 10.6 Å².